The molecule has 2 atom stereocenters. The van der Waals surface area contributed by atoms with E-state index in [9.17, 15) is 15.2 Å². The molecule has 0 saturated carbocycles. The van der Waals surface area contributed by atoms with E-state index in [0.29, 0.717) is 11.1 Å². The second kappa shape index (κ2) is 4.38. The van der Waals surface area contributed by atoms with Crippen LogP contribution in [0.1, 0.15) is 25.3 Å². The number of hydrogen-bond acceptors (Lipinski definition) is 5. The molecular weight excluding hydrogens is 240 g/mol. The first-order valence-electron chi connectivity index (χ1n) is 5.21. The number of nitro benzene ring substituents is 1. The lowest BCUT2D eigenvalue weighted by atomic mass is 9.94. The van der Waals surface area contributed by atoms with Crippen LogP contribution in [0.5, 0.6) is 0 Å². The minimum atomic E-state index is -0.634. The van der Waals surface area contributed by atoms with Crippen LogP contribution in [-0.2, 0) is 0 Å². The van der Waals surface area contributed by atoms with Crippen LogP contribution in [-0.4, -0.2) is 21.1 Å². The third kappa shape index (κ3) is 2.01. The lowest BCUT2D eigenvalue weighted by molar-refractivity contribution is -0.384. The second-order valence-electron chi connectivity index (χ2n) is 3.99. The number of fused-ring (bicyclic) bond motifs is 1. The van der Waals surface area contributed by atoms with Gasteiger partial charge in [0.25, 0.3) is 5.69 Å². The zero-order valence-corrected chi connectivity index (χ0v) is 10.3. The summed E-state index contributed by atoms with van der Waals surface area (Å²) in [6.07, 6.45) is -0.634. The highest BCUT2D eigenvalue weighted by Gasteiger charge is 2.26. The highest BCUT2D eigenvalue weighted by atomic mass is 32.1. The van der Waals surface area contributed by atoms with Crippen molar-refractivity contribution in [2.45, 2.75) is 25.9 Å². The number of rotatable bonds is 3. The molecule has 6 heteroatoms. The van der Waals surface area contributed by atoms with Crippen LogP contribution >= 0.6 is 11.3 Å². The second-order valence-corrected chi connectivity index (χ2v) is 4.88. The topological polar surface area (TPSA) is 76.3 Å². The van der Waals surface area contributed by atoms with Crippen LogP contribution in [0, 0.1) is 10.1 Å². The maximum absolute atomic E-state index is 11.1. The van der Waals surface area contributed by atoms with Crippen molar-refractivity contribution in [3.63, 3.8) is 0 Å². The first-order chi connectivity index (χ1) is 8.02. The average molecular weight is 252 g/mol. The molecule has 2 unspecified atom stereocenters. The molecule has 0 aliphatic heterocycles. The monoisotopic (exact) mass is 252 g/mol. The van der Waals surface area contributed by atoms with Crippen LogP contribution in [0.15, 0.2) is 17.6 Å². The predicted octanol–water partition coefficient (Wildman–Crippen LogP) is 2.69. The Morgan fingerprint density at radius 1 is 1.47 bits per heavy atom. The summed E-state index contributed by atoms with van der Waals surface area (Å²) in [5.74, 6) is -0.290. The Kier molecular flexibility index (Phi) is 3.08. The minimum Gasteiger partial charge on any atom is -0.393 e. The first kappa shape index (κ1) is 11.9. The molecule has 90 valence electrons. The number of aliphatic hydroxyl groups excluding tert-OH is 1. The van der Waals surface area contributed by atoms with Gasteiger partial charge in [-0.2, -0.15) is 0 Å². The molecule has 17 heavy (non-hydrogen) atoms. The van der Waals surface area contributed by atoms with Crippen LogP contribution in [0.25, 0.3) is 10.2 Å². The normalized spacial score (nSPS) is 14.8. The molecule has 0 bridgehead atoms. The molecule has 0 fully saturated rings. The highest BCUT2D eigenvalue weighted by molar-refractivity contribution is 7.16. The fourth-order valence-corrected chi connectivity index (χ4v) is 2.43. The quantitative estimate of drug-likeness (QED) is 0.673. The number of benzene rings is 1. The van der Waals surface area contributed by atoms with Crippen LogP contribution in [0.2, 0.25) is 0 Å². The van der Waals surface area contributed by atoms with E-state index in [1.807, 2.05) is 6.07 Å². The Labute approximate surface area is 102 Å². The SMILES string of the molecule is CC(O)C(C)c1ccc2scnc2c1[N+](=O)[O-]. The van der Waals surface area contributed by atoms with Crippen molar-refractivity contribution >= 4 is 27.2 Å². The fourth-order valence-electron chi connectivity index (χ4n) is 1.75. The molecule has 0 aliphatic rings. The molecule has 1 N–H and O–H groups in total. The van der Waals surface area contributed by atoms with E-state index in [-0.39, 0.29) is 11.6 Å². The third-order valence-corrected chi connectivity index (χ3v) is 3.70. The van der Waals surface area contributed by atoms with Gasteiger partial charge in [-0.3, -0.25) is 10.1 Å². The smallest absolute Gasteiger partial charge is 0.299 e. The lowest BCUT2D eigenvalue weighted by Crippen LogP contribution is -2.12. The summed E-state index contributed by atoms with van der Waals surface area (Å²) < 4.78 is 0.790. The van der Waals surface area contributed by atoms with Gasteiger partial charge in [-0.05, 0) is 13.0 Å². The van der Waals surface area contributed by atoms with Crippen molar-refractivity contribution in [2.75, 3.05) is 0 Å². The lowest BCUT2D eigenvalue weighted by Gasteiger charge is -2.14. The molecular formula is C11H12N2O3S. The fraction of sp³-hybridized carbons (Fsp3) is 0.364. The van der Waals surface area contributed by atoms with Gasteiger partial charge in [0.05, 0.1) is 21.2 Å². The van der Waals surface area contributed by atoms with E-state index in [2.05, 4.69) is 4.98 Å². The number of thiazole rings is 1. The predicted molar refractivity (Wildman–Crippen MR) is 66.4 cm³/mol. The average Bonchev–Trinajstić information content (AvgIpc) is 2.73. The zero-order valence-electron chi connectivity index (χ0n) is 9.45. The Balaban J connectivity index is 2.70. The van der Waals surface area contributed by atoms with E-state index in [1.165, 1.54) is 11.3 Å². The number of hydrogen-bond donors (Lipinski definition) is 1. The summed E-state index contributed by atoms with van der Waals surface area (Å²) in [6.45, 7) is 3.39. The van der Waals surface area contributed by atoms with Crippen molar-refractivity contribution in [3.8, 4) is 0 Å². The minimum absolute atomic E-state index is 0.0113. The molecule has 5 nitrogen and oxygen atoms in total. The largest absolute Gasteiger partial charge is 0.393 e. The van der Waals surface area contributed by atoms with Gasteiger partial charge in [0.2, 0.25) is 0 Å². The Bertz CT molecular complexity index is 565. The van der Waals surface area contributed by atoms with Crippen molar-refractivity contribution in [2.24, 2.45) is 0 Å². The molecule has 0 radical (unpaired) electrons. The Morgan fingerprint density at radius 3 is 2.76 bits per heavy atom. The third-order valence-electron chi connectivity index (χ3n) is 2.90. The Hall–Kier alpha value is -1.53. The van der Waals surface area contributed by atoms with E-state index < -0.39 is 11.0 Å². The van der Waals surface area contributed by atoms with Crippen molar-refractivity contribution in [1.29, 1.82) is 0 Å². The molecule has 0 aliphatic carbocycles. The number of aliphatic hydroxyl groups is 1. The van der Waals surface area contributed by atoms with E-state index in [0.717, 1.165) is 4.70 Å². The van der Waals surface area contributed by atoms with Crippen molar-refractivity contribution in [1.82, 2.24) is 4.98 Å². The summed E-state index contributed by atoms with van der Waals surface area (Å²) in [4.78, 5) is 14.8. The maximum Gasteiger partial charge on any atom is 0.299 e. The van der Waals surface area contributed by atoms with Gasteiger partial charge < -0.3 is 5.11 Å². The summed E-state index contributed by atoms with van der Waals surface area (Å²) in [5, 5.41) is 20.7. The summed E-state index contributed by atoms with van der Waals surface area (Å²) in [6, 6.07) is 3.52. The number of nitrogens with zero attached hydrogens (tertiary/aromatic N) is 2. The van der Waals surface area contributed by atoms with E-state index in [4.69, 9.17) is 0 Å². The van der Waals surface area contributed by atoms with Gasteiger partial charge >= 0.3 is 0 Å². The molecule has 0 amide bonds. The molecule has 1 aromatic heterocycles. The van der Waals surface area contributed by atoms with Gasteiger partial charge in [0.1, 0.15) is 0 Å². The van der Waals surface area contributed by atoms with Gasteiger partial charge in [0, 0.05) is 11.5 Å². The Morgan fingerprint density at radius 2 is 2.18 bits per heavy atom. The van der Waals surface area contributed by atoms with Gasteiger partial charge in [-0.1, -0.05) is 13.0 Å². The molecule has 2 rings (SSSR count). The maximum atomic E-state index is 11.1. The number of aromatic nitrogens is 1. The summed E-state index contributed by atoms with van der Waals surface area (Å²) in [7, 11) is 0. The van der Waals surface area contributed by atoms with Crippen LogP contribution in [0.4, 0.5) is 5.69 Å². The van der Waals surface area contributed by atoms with E-state index in [1.54, 1.807) is 25.4 Å². The molecule has 1 aromatic carbocycles. The van der Waals surface area contributed by atoms with Gasteiger partial charge in [0.15, 0.2) is 5.52 Å². The molecule has 0 spiro atoms. The zero-order chi connectivity index (χ0) is 12.6. The standard InChI is InChI=1S/C11H12N2O3S/c1-6(7(2)14)8-3-4-9-10(12-5-17-9)11(8)13(15)16/h3-7,14H,1-2H3. The molecule has 2 aromatic rings. The van der Waals surface area contributed by atoms with Crippen LogP contribution in [0.3, 0.4) is 0 Å². The van der Waals surface area contributed by atoms with Gasteiger partial charge in [-0.25, -0.2) is 4.98 Å². The van der Waals surface area contributed by atoms with Crippen molar-refractivity contribution < 1.29 is 10.0 Å². The van der Waals surface area contributed by atoms with Crippen molar-refractivity contribution in [3.05, 3.63) is 33.3 Å². The molecule has 1 heterocycles. The number of nitro groups is 1. The molecule has 0 saturated heterocycles. The van der Waals surface area contributed by atoms with Gasteiger partial charge in [-0.15, -0.1) is 11.3 Å². The summed E-state index contributed by atoms with van der Waals surface area (Å²) in [5.41, 5.74) is 2.54. The van der Waals surface area contributed by atoms with Crippen LogP contribution < -0.4 is 0 Å². The first-order valence-corrected chi connectivity index (χ1v) is 6.09. The van der Waals surface area contributed by atoms with E-state index >= 15 is 0 Å². The summed E-state index contributed by atoms with van der Waals surface area (Å²) >= 11 is 1.37. The highest BCUT2D eigenvalue weighted by Crippen LogP contribution is 2.35.